The number of anilines is 1. The third kappa shape index (κ3) is 2.90. The maximum absolute atomic E-state index is 12.5. The Hall–Kier alpha value is -1.37. The highest BCUT2D eigenvalue weighted by Crippen LogP contribution is 2.34. The van der Waals surface area contributed by atoms with E-state index in [1.165, 1.54) is 6.33 Å². The van der Waals surface area contributed by atoms with Crippen LogP contribution in [0.25, 0.3) is 0 Å². The van der Waals surface area contributed by atoms with Crippen molar-refractivity contribution in [2.45, 2.75) is 25.6 Å². The topological polar surface area (TPSA) is 55.0 Å². The molecule has 100 valence electrons. The highest BCUT2D eigenvalue weighted by Gasteiger charge is 2.41. The Morgan fingerprint density at radius 1 is 1.28 bits per heavy atom. The summed E-state index contributed by atoms with van der Waals surface area (Å²) in [6, 6.07) is 1.73. The maximum Gasteiger partial charge on any atom is 0.391 e. The Morgan fingerprint density at radius 2 is 1.94 bits per heavy atom. The lowest BCUT2D eigenvalue weighted by Gasteiger charge is -2.33. The summed E-state index contributed by atoms with van der Waals surface area (Å²) in [5.74, 6) is -0.532. The first kappa shape index (κ1) is 13.1. The molecule has 2 rings (SSSR count). The lowest BCUT2D eigenvalue weighted by molar-refractivity contribution is -0.179. The molecule has 0 unspecified atom stereocenters. The van der Waals surface area contributed by atoms with E-state index in [-0.39, 0.29) is 12.8 Å². The van der Waals surface area contributed by atoms with Gasteiger partial charge in [0.05, 0.1) is 11.6 Å². The molecule has 1 aliphatic heterocycles. The first-order chi connectivity index (χ1) is 8.50. The van der Waals surface area contributed by atoms with Gasteiger partial charge in [-0.2, -0.15) is 13.2 Å². The second-order valence-corrected chi connectivity index (χ2v) is 4.37. The third-order valence-corrected chi connectivity index (χ3v) is 3.20. The van der Waals surface area contributed by atoms with Gasteiger partial charge in [0.15, 0.2) is 0 Å². The normalized spacial score (nSPS) is 18.1. The molecule has 0 aromatic carbocycles. The summed E-state index contributed by atoms with van der Waals surface area (Å²) in [4.78, 5) is 9.89. The molecular formula is C11H15F3N4. The van der Waals surface area contributed by atoms with E-state index < -0.39 is 12.1 Å². The van der Waals surface area contributed by atoms with Gasteiger partial charge in [-0.25, -0.2) is 9.97 Å². The zero-order valence-corrected chi connectivity index (χ0v) is 9.82. The number of alkyl halides is 3. The minimum Gasteiger partial charge on any atom is -0.356 e. The third-order valence-electron chi connectivity index (χ3n) is 3.20. The van der Waals surface area contributed by atoms with E-state index in [0.717, 1.165) is 0 Å². The average Bonchev–Trinajstić information content (AvgIpc) is 2.38. The molecule has 1 aromatic rings. The molecule has 0 atom stereocenters. The lowest BCUT2D eigenvalue weighted by atomic mass is 9.96. The Morgan fingerprint density at radius 3 is 2.50 bits per heavy atom. The molecule has 2 heterocycles. The van der Waals surface area contributed by atoms with E-state index in [9.17, 15) is 13.2 Å². The van der Waals surface area contributed by atoms with Gasteiger partial charge >= 0.3 is 6.18 Å². The number of rotatable bonds is 2. The summed E-state index contributed by atoms with van der Waals surface area (Å²) in [6.07, 6.45) is -2.45. The minimum absolute atomic E-state index is 0.117. The molecule has 0 aliphatic carbocycles. The van der Waals surface area contributed by atoms with Crippen molar-refractivity contribution in [1.82, 2.24) is 9.97 Å². The second-order valence-electron chi connectivity index (χ2n) is 4.37. The standard InChI is InChI=1S/C11H15F3N4/c12-11(13,14)8-1-3-18(4-2-8)10-5-9(6-15)16-7-17-10/h5,7-8H,1-4,6,15H2. The zero-order chi connectivity index (χ0) is 13.2. The van der Waals surface area contributed by atoms with Crippen molar-refractivity contribution in [3.8, 4) is 0 Å². The van der Waals surface area contributed by atoms with Crippen LogP contribution in [0, 0.1) is 5.92 Å². The Balaban J connectivity index is 2.01. The Labute approximate surface area is 103 Å². The summed E-state index contributed by atoms with van der Waals surface area (Å²) >= 11 is 0. The van der Waals surface area contributed by atoms with Crippen LogP contribution in [0.15, 0.2) is 12.4 Å². The van der Waals surface area contributed by atoms with Crippen molar-refractivity contribution in [3.05, 3.63) is 18.1 Å². The molecule has 0 amide bonds. The van der Waals surface area contributed by atoms with E-state index in [0.29, 0.717) is 31.1 Å². The highest BCUT2D eigenvalue weighted by molar-refractivity contribution is 5.39. The molecule has 1 saturated heterocycles. The van der Waals surface area contributed by atoms with Crippen LogP contribution in [0.4, 0.5) is 19.0 Å². The molecule has 1 fully saturated rings. The first-order valence-corrected chi connectivity index (χ1v) is 5.83. The monoisotopic (exact) mass is 260 g/mol. The van der Waals surface area contributed by atoms with Crippen LogP contribution in [0.5, 0.6) is 0 Å². The second kappa shape index (κ2) is 5.09. The summed E-state index contributed by atoms with van der Waals surface area (Å²) in [7, 11) is 0. The molecule has 18 heavy (non-hydrogen) atoms. The van der Waals surface area contributed by atoms with E-state index in [2.05, 4.69) is 9.97 Å². The van der Waals surface area contributed by atoms with Crippen LogP contribution >= 0.6 is 0 Å². The van der Waals surface area contributed by atoms with Gasteiger partial charge in [0.1, 0.15) is 12.1 Å². The molecule has 1 aliphatic rings. The molecule has 4 nitrogen and oxygen atoms in total. The number of piperidine rings is 1. The number of hydrogen-bond acceptors (Lipinski definition) is 4. The van der Waals surface area contributed by atoms with E-state index in [4.69, 9.17) is 5.73 Å². The van der Waals surface area contributed by atoms with Gasteiger partial charge in [0.25, 0.3) is 0 Å². The number of nitrogens with zero attached hydrogens (tertiary/aromatic N) is 3. The summed E-state index contributed by atoms with van der Waals surface area (Å²) in [6.45, 7) is 1.03. The van der Waals surface area contributed by atoms with E-state index >= 15 is 0 Å². The Bertz CT molecular complexity index is 400. The van der Waals surface area contributed by atoms with Crippen LogP contribution in [0.1, 0.15) is 18.5 Å². The van der Waals surface area contributed by atoms with Crippen LogP contribution in [-0.4, -0.2) is 29.2 Å². The highest BCUT2D eigenvalue weighted by atomic mass is 19.4. The predicted octanol–water partition coefficient (Wildman–Crippen LogP) is 1.71. The van der Waals surface area contributed by atoms with E-state index in [1.54, 1.807) is 6.07 Å². The molecule has 0 spiro atoms. The maximum atomic E-state index is 12.5. The van der Waals surface area contributed by atoms with Crippen molar-refractivity contribution in [2.75, 3.05) is 18.0 Å². The zero-order valence-electron chi connectivity index (χ0n) is 9.82. The molecule has 0 saturated carbocycles. The van der Waals surface area contributed by atoms with Gasteiger partial charge in [-0.3, -0.25) is 0 Å². The minimum atomic E-state index is -4.08. The molecule has 0 bridgehead atoms. The summed E-state index contributed by atoms with van der Waals surface area (Å²) in [5.41, 5.74) is 6.16. The average molecular weight is 260 g/mol. The fourth-order valence-electron chi connectivity index (χ4n) is 2.11. The van der Waals surface area contributed by atoms with Gasteiger partial charge in [-0.1, -0.05) is 0 Å². The van der Waals surface area contributed by atoms with Gasteiger partial charge < -0.3 is 10.6 Å². The quantitative estimate of drug-likeness (QED) is 0.879. The molecule has 1 aromatic heterocycles. The van der Waals surface area contributed by atoms with Gasteiger partial charge in [-0.15, -0.1) is 0 Å². The van der Waals surface area contributed by atoms with Crippen LogP contribution in [0.2, 0.25) is 0 Å². The van der Waals surface area contributed by atoms with Gasteiger partial charge in [0.2, 0.25) is 0 Å². The van der Waals surface area contributed by atoms with Crippen molar-refractivity contribution >= 4 is 5.82 Å². The van der Waals surface area contributed by atoms with Crippen LogP contribution in [-0.2, 0) is 6.54 Å². The van der Waals surface area contributed by atoms with E-state index in [1.807, 2.05) is 4.90 Å². The number of aromatic nitrogens is 2. The SMILES string of the molecule is NCc1cc(N2CCC(C(F)(F)F)CC2)ncn1. The van der Waals surface area contributed by atoms with Crippen molar-refractivity contribution < 1.29 is 13.2 Å². The smallest absolute Gasteiger partial charge is 0.356 e. The number of halogens is 3. The summed E-state index contributed by atoms with van der Waals surface area (Å²) < 4.78 is 37.6. The largest absolute Gasteiger partial charge is 0.391 e. The van der Waals surface area contributed by atoms with Gasteiger partial charge in [0, 0.05) is 25.7 Å². The fourth-order valence-corrected chi connectivity index (χ4v) is 2.11. The van der Waals surface area contributed by atoms with Crippen molar-refractivity contribution in [2.24, 2.45) is 11.7 Å². The molecular weight excluding hydrogens is 245 g/mol. The number of nitrogens with two attached hydrogens (primary N) is 1. The van der Waals surface area contributed by atoms with Crippen molar-refractivity contribution in [1.29, 1.82) is 0 Å². The predicted molar refractivity (Wildman–Crippen MR) is 60.9 cm³/mol. The molecule has 7 heteroatoms. The summed E-state index contributed by atoms with van der Waals surface area (Å²) in [5, 5.41) is 0. The van der Waals surface area contributed by atoms with Crippen LogP contribution in [0.3, 0.4) is 0 Å². The van der Waals surface area contributed by atoms with Crippen LogP contribution < -0.4 is 10.6 Å². The van der Waals surface area contributed by atoms with Gasteiger partial charge in [-0.05, 0) is 12.8 Å². The van der Waals surface area contributed by atoms with Crippen molar-refractivity contribution in [3.63, 3.8) is 0 Å². The molecule has 0 radical (unpaired) electrons. The molecule has 2 N–H and O–H groups in total. The Kier molecular flexibility index (Phi) is 3.70. The number of hydrogen-bond donors (Lipinski definition) is 1. The lowest BCUT2D eigenvalue weighted by Crippen LogP contribution is -2.39. The first-order valence-electron chi connectivity index (χ1n) is 5.83. The fraction of sp³-hybridized carbons (Fsp3) is 0.636.